The second-order valence-corrected chi connectivity index (χ2v) is 8.88. The minimum atomic E-state index is -0.300. The number of Topliss-reactive ketones (excluding diaryl/α,β-unsaturated/α-hetero) is 1. The Labute approximate surface area is 187 Å². The Balaban J connectivity index is 1.89. The third-order valence-electron chi connectivity index (χ3n) is 5.55. The molecular weight excluding hydrogens is 413 g/mol. The first kappa shape index (κ1) is 23.2. The van der Waals surface area contributed by atoms with Crippen LogP contribution in [0.3, 0.4) is 0 Å². The minimum absolute atomic E-state index is 0.00410. The molecule has 0 spiro atoms. The number of nitrogens with zero attached hydrogens (tertiary/aromatic N) is 5. The van der Waals surface area contributed by atoms with Gasteiger partial charge in [-0.15, -0.1) is 10.2 Å². The second-order valence-electron chi connectivity index (χ2n) is 7.94. The SMILES string of the molecule is CCCn1c(C)cc(C(=O)CSc2nnc(C(C)N(C)C)n2-c2ccc(F)cc2)c1C. The molecule has 0 aliphatic carbocycles. The number of ketones is 1. The van der Waals surface area contributed by atoms with Crippen LogP contribution in [0.4, 0.5) is 4.39 Å². The Hall–Kier alpha value is -2.45. The van der Waals surface area contributed by atoms with Crippen LogP contribution in [-0.2, 0) is 6.54 Å². The lowest BCUT2D eigenvalue weighted by Crippen LogP contribution is -2.20. The average molecular weight is 444 g/mol. The Morgan fingerprint density at radius 3 is 2.48 bits per heavy atom. The van der Waals surface area contributed by atoms with Crippen molar-refractivity contribution in [2.45, 2.75) is 51.9 Å². The molecule has 3 aromatic rings. The van der Waals surface area contributed by atoms with E-state index in [1.54, 1.807) is 12.1 Å². The molecule has 8 heteroatoms. The fourth-order valence-corrected chi connectivity index (χ4v) is 4.41. The number of aryl methyl sites for hydroxylation is 1. The molecule has 0 saturated heterocycles. The van der Waals surface area contributed by atoms with Crippen LogP contribution in [0.5, 0.6) is 0 Å². The number of halogens is 1. The maximum absolute atomic E-state index is 13.5. The van der Waals surface area contributed by atoms with Gasteiger partial charge in [0.15, 0.2) is 16.8 Å². The van der Waals surface area contributed by atoms with Crippen LogP contribution < -0.4 is 0 Å². The standard InChI is InChI=1S/C23H30FN5OS/c1-7-12-28-15(2)13-20(16(28)3)21(30)14-31-23-26-25-22(17(4)27(5)6)29(23)19-10-8-18(24)9-11-19/h8-11,13,17H,7,12,14H2,1-6H3. The molecule has 0 fully saturated rings. The van der Waals surface area contributed by atoms with Crippen molar-refractivity contribution in [1.82, 2.24) is 24.2 Å². The van der Waals surface area contributed by atoms with Gasteiger partial charge >= 0.3 is 0 Å². The maximum Gasteiger partial charge on any atom is 0.196 e. The van der Waals surface area contributed by atoms with Crippen molar-refractivity contribution < 1.29 is 9.18 Å². The number of hydrogen-bond donors (Lipinski definition) is 0. The highest BCUT2D eigenvalue weighted by molar-refractivity contribution is 7.99. The smallest absolute Gasteiger partial charge is 0.196 e. The first-order chi connectivity index (χ1) is 14.7. The molecule has 0 aliphatic heterocycles. The lowest BCUT2D eigenvalue weighted by atomic mass is 10.2. The van der Waals surface area contributed by atoms with Gasteiger partial charge in [0.05, 0.1) is 11.8 Å². The fourth-order valence-electron chi connectivity index (χ4n) is 3.57. The molecule has 31 heavy (non-hydrogen) atoms. The molecule has 1 aromatic carbocycles. The second kappa shape index (κ2) is 9.78. The van der Waals surface area contributed by atoms with E-state index in [0.29, 0.717) is 5.16 Å². The van der Waals surface area contributed by atoms with Gasteiger partial charge in [-0.2, -0.15) is 0 Å². The third kappa shape index (κ3) is 4.91. The molecule has 2 aromatic heterocycles. The molecule has 2 heterocycles. The molecule has 6 nitrogen and oxygen atoms in total. The quantitative estimate of drug-likeness (QED) is 0.350. The van der Waals surface area contributed by atoms with Crippen LogP contribution in [0.1, 0.15) is 53.9 Å². The Morgan fingerprint density at radius 1 is 1.19 bits per heavy atom. The molecular formula is C23H30FN5OS. The van der Waals surface area contributed by atoms with Gasteiger partial charge in [0.1, 0.15) is 5.82 Å². The maximum atomic E-state index is 13.5. The van der Waals surface area contributed by atoms with Crippen LogP contribution in [0.2, 0.25) is 0 Å². The van der Waals surface area contributed by atoms with Crippen molar-refractivity contribution in [1.29, 1.82) is 0 Å². The normalized spacial score (nSPS) is 12.5. The number of aromatic nitrogens is 4. The molecule has 1 atom stereocenters. The molecule has 1 unspecified atom stereocenters. The predicted molar refractivity (Wildman–Crippen MR) is 123 cm³/mol. The highest BCUT2D eigenvalue weighted by Gasteiger charge is 2.22. The Kier molecular flexibility index (Phi) is 7.33. The van der Waals surface area contributed by atoms with E-state index in [1.165, 1.54) is 23.9 Å². The molecule has 0 saturated carbocycles. The summed E-state index contributed by atoms with van der Waals surface area (Å²) in [4.78, 5) is 15.0. The lowest BCUT2D eigenvalue weighted by Gasteiger charge is -2.20. The summed E-state index contributed by atoms with van der Waals surface area (Å²) in [5.41, 5.74) is 3.63. The van der Waals surface area contributed by atoms with Gasteiger partial charge in [0.2, 0.25) is 0 Å². The molecule has 0 aliphatic rings. The topological polar surface area (TPSA) is 56.0 Å². The van der Waals surface area contributed by atoms with E-state index >= 15 is 0 Å². The Bertz CT molecular complexity index is 1050. The monoisotopic (exact) mass is 443 g/mol. The number of carbonyl (C=O) groups is 1. The third-order valence-corrected chi connectivity index (χ3v) is 6.47. The zero-order valence-corrected chi connectivity index (χ0v) is 19.8. The molecule has 3 rings (SSSR count). The van der Waals surface area contributed by atoms with E-state index in [2.05, 4.69) is 21.7 Å². The van der Waals surface area contributed by atoms with Crippen LogP contribution in [0, 0.1) is 19.7 Å². The largest absolute Gasteiger partial charge is 0.348 e. The Morgan fingerprint density at radius 2 is 1.87 bits per heavy atom. The fraction of sp³-hybridized carbons (Fsp3) is 0.435. The van der Waals surface area contributed by atoms with Crippen LogP contribution in [0.25, 0.3) is 5.69 Å². The molecule has 166 valence electrons. The van der Waals surface area contributed by atoms with E-state index < -0.39 is 0 Å². The van der Waals surface area contributed by atoms with Crippen molar-refractivity contribution in [3.05, 3.63) is 58.9 Å². The number of thioether (sulfide) groups is 1. The molecule has 0 N–H and O–H groups in total. The summed E-state index contributed by atoms with van der Waals surface area (Å²) in [6, 6.07) is 8.21. The lowest BCUT2D eigenvalue weighted by molar-refractivity contribution is 0.102. The van der Waals surface area contributed by atoms with Crippen molar-refractivity contribution in [2.24, 2.45) is 0 Å². The van der Waals surface area contributed by atoms with E-state index in [9.17, 15) is 9.18 Å². The summed E-state index contributed by atoms with van der Waals surface area (Å²) < 4.78 is 17.6. The number of benzene rings is 1. The van der Waals surface area contributed by atoms with E-state index in [-0.39, 0.29) is 23.4 Å². The molecule has 0 radical (unpaired) electrons. The predicted octanol–water partition coefficient (Wildman–Crippen LogP) is 4.83. The number of hydrogen-bond acceptors (Lipinski definition) is 5. The van der Waals surface area contributed by atoms with Crippen molar-refractivity contribution in [3.63, 3.8) is 0 Å². The summed E-state index contributed by atoms with van der Waals surface area (Å²) in [6.07, 6.45) is 1.02. The molecule has 0 amide bonds. The van der Waals surface area contributed by atoms with Gasteiger partial charge in [-0.05, 0) is 71.6 Å². The first-order valence-corrected chi connectivity index (χ1v) is 11.4. The number of rotatable bonds is 9. The number of carbonyl (C=O) groups excluding carboxylic acids is 1. The van der Waals surface area contributed by atoms with Gasteiger partial charge in [0, 0.05) is 29.2 Å². The van der Waals surface area contributed by atoms with Crippen LogP contribution >= 0.6 is 11.8 Å². The minimum Gasteiger partial charge on any atom is -0.348 e. The summed E-state index contributed by atoms with van der Waals surface area (Å²) in [5, 5.41) is 9.36. The van der Waals surface area contributed by atoms with Gasteiger partial charge in [-0.1, -0.05) is 18.7 Å². The van der Waals surface area contributed by atoms with Crippen LogP contribution in [-0.4, -0.2) is 49.9 Å². The molecule has 0 bridgehead atoms. The summed E-state index contributed by atoms with van der Waals surface area (Å²) >= 11 is 1.35. The van der Waals surface area contributed by atoms with Crippen molar-refractivity contribution in [3.8, 4) is 5.69 Å². The van der Waals surface area contributed by atoms with Crippen molar-refractivity contribution in [2.75, 3.05) is 19.8 Å². The average Bonchev–Trinajstić information content (AvgIpc) is 3.28. The highest BCUT2D eigenvalue weighted by Crippen LogP contribution is 2.28. The zero-order valence-electron chi connectivity index (χ0n) is 19.0. The van der Waals surface area contributed by atoms with Gasteiger partial charge in [0.25, 0.3) is 0 Å². The van der Waals surface area contributed by atoms with E-state index in [0.717, 1.165) is 41.4 Å². The summed E-state index contributed by atoms with van der Waals surface area (Å²) in [6.45, 7) is 9.10. The van der Waals surface area contributed by atoms with Gasteiger partial charge in [-0.3, -0.25) is 14.3 Å². The van der Waals surface area contributed by atoms with Gasteiger partial charge < -0.3 is 4.57 Å². The van der Waals surface area contributed by atoms with E-state index in [1.807, 2.05) is 50.4 Å². The summed E-state index contributed by atoms with van der Waals surface area (Å²) in [7, 11) is 3.94. The highest BCUT2D eigenvalue weighted by atomic mass is 32.2. The van der Waals surface area contributed by atoms with Crippen molar-refractivity contribution >= 4 is 17.5 Å². The first-order valence-electron chi connectivity index (χ1n) is 10.4. The van der Waals surface area contributed by atoms with Gasteiger partial charge in [-0.25, -0.2) is 4.39 Å². The summed E-state index contributed by atoms with van der Waals surface area (Å²) in [5.74, 6) is 0.765. The van der Waals surface area contributed by atoms with Crippen LogP contribution in [0.15, 0.2) is 35.5 Å². The zero-order chi connectivity index (χ0) is 22.7. The van der Waals surface area contributed by atoms with E-state index in [4.69, 9.17) is 0 Å².